The third-order valence-corrected chi connectivity index (χ3v) is 6.65. The van der Waals surface area contributed by atoms with Crippen LogP contribution in [0.25, 0.3) is 11.4 Å². The second-order valence-corrected chi connectivity index (χ2v) is 10.5. The van der Waals surface area contributed by atoms with Gasteiger partial charge in [0.15, 0.2) is 9.84 Å². The van der Waals surface area contributed by atoms with Crippen LogP contribution in [0.3, 0.4) is 0 Å². The van der Waals surface area contributed by atoms with Gasteiger partial charge < -0.3 is 19.5 Å². The number of methoxy groups -OCH3 is 1. The molecule has 1 aliphatic rings. The van der Waals surface area contributed by atoms with Crippen molar-refractivity contribution in [3.8, 4) is 17.1 Å². The van der Waals surface area contributed by atoms with E-state index in [1.54, 1.807) is 29.9 Å². The highest BCUT2D eigenvalue weighted by Crippen LogP contribution is 2.36. The minimum absolute atomic E-state index is 0.0157. The molecule has 8 nitrogen and oxygen atoms in total. The molecule has 0 aliphatic carbocycles. The first kappa shape index (κ1) is 24.0. The lowest BCUT2D eigenvalue weighted by atomic mass is 10.1. The minimum atomic E-state index is -3.52. The van der Waals surface area contributed by atoms with Gasteiger partial charge in [0.05, 0.1) is 48.2 Å². The third kappa shape index (κ3) is 4.85. The molecule has 34 heavy (non-hydrogen) atoms. The van der Waals surface area contributed by atoms with Crippen LogP contribution in [0.2, 0.25) is 5.02 Å². The Balaban J connectivity index is 1.59. The van der Waals surface area contributed by atoms with E-state index in [2.05, 4.69) is 10.3 Å². The number of aryl methyl sites for hydroxylation is 1. The molecule has 0 spiro atoms. The van der Waals surface area contributed by atoms with Gasteiger partial charge in [0.2, 0.25) is 0 Å². The second kappa shape index (κ2) is 8.55. The smallest absolute Gasteiger partial charge is 0.282 e. The summed E-state index contributed by atoms with van der Waals surface area (Å²) in [4.78, 5) is 18.7. The molecular weight excluding hydrogens is 490 g/mol. The molecule has 3 aromatic rings. The topological polar surface area (TPSA) is 93.5 Å². The van der Waals surface area contributed by atoms with Gasteiger partial charge in [-0.1, -0.05) is 11.6 Å². The van der Waals surface area contributed by atoms with Gasteiger partial charge in [-0.05, 0) is 24.3 Å². The summed E-state index contributed by atoms with van der Waals surface area (Å²) < 4.78 is 57.2. The fourth-order valence-electron chi connectivity index (χ4n) is 3.63. The van der Waals surface area contributed by atoms with Crippen molar-refractivity contribution in [3.63, 3.8) is 0 Å². The van der Waals surface area contributed by atoms with Crippen molar-refractivity contribution < 1.29 is 26.7 Å². The van der Waals surface area contributed by atoms with Crippen molar-refractivity contribution in [2.75, 3.05) is 36.7 Å². The van der Waals surface area contributed by atoms with Crippen LogP contribution in [-0.2, 0) is 16.9 Å². The molecule has 2 aromatic heterocycles. The van der Waals surface area contributed by atoms with E-state index < -0.39 is 21.7 Å². The van der Waals surface area contributed by atoms with Crippen LogP contribution in [0.1, 0.15) is 10.4 Å². The highest BCUT2D eigenvalue weighted by Gasteiger charge is 2.44. The molecule has 0 unspecified atom stereocenters. The van der Waals surface area contributed by atoms with E-state index in [1.807, 2.05) is 0 Å². The molecule has 12 heteroatoms. The number of hydrogen-bond donors (Lipinski definition) is 1. The maximum atomic E-state index is 13.2. The van der Waals surface area contributed by atoms with Crippen molar-refractivity contribution in [1.82, 2.24) is 9.55 Å². The van der Waals surface area contributed by atoms with Gasteiger partial charge in [0, 0.05) is 36.3 Å². The van der Waals surface area contributed by atoms with E-state index in [1.165, 1.54) is 36.4 Å². The fourth-order valence-corrected chi connectivity index (χ4v) is 4.61. The molecular formula is C22H21ClF2N4O4S. The molecule has 1 N–H and O–H groups in total. The maximum Gasteiger partial charge on any atom is 0.282 e. The molecule has 0 bridgehead atoms. The summed E-state index contributed by atoms with van der Waals surface area (Å²) in [6, 6.07) is 7.30. The van der Waals surface area contributed by atoms with Crippen molar-refractivity contribution in [1.29, 1.82) is 0 Å². The van der Waals surface area contributed by atoms with E-state index in [4.69, 9.17) is 16.3 Å². The molecule has 3 heterocycles. The molecule has 180 valence electrons. The summed E-state index contributed by atoms with van der Waals surface area (Å²) in [6.45, 7) is -0.758. The molecule has 0 saturated carbocycles. The van der Waals surface area contributed by atoms with Crippen molar-refractivity contribution in [2.24, 2.45) is 7.05 Å². The second-order valence-electron chi connectivity index (χ2n) is 8.08. The van der Waals surface area contributed by atoms with Crippen LogP contribution >= 0.6 is 11.6 Å². The fraction of sp³-hybridized carbons (Fsp3) is 0.273. The molecule has 1 aromatic carbocycles. The van der Waals surface area contributed by atoms with Gasteiger partial charge >= 0.3 is 0 Å². The van der Waals surface area contributed by atoms with Crippen molar-refractivity contribution in [2.45, 2.75) is 10.8 Å². The molecule has 1 fully saturated rings. The zero-order chi connectivity index (χ0) is 24.8. The van der Waals surface area contributed by atoms with Crippen LogP contribution < -0.4 is 15.0 Å². The number of anilines is 2. The van der Waals surface area contributed by atoms with E-state index in [0.717, 1.165) is 6.26 Å². The normalized spacial score (nSPS) is 15.1. The van der Waals surface area contributed by atoms with E-state index >= 15 is 0 Å². The highest BCUT2D eigenvalue weighted by molar-refractivity contribution is 7.90. The van der Waals surface area contributed by atoms with Crippen molar-refractivity contribution in [3.05, 3.63) is 53.3 Å². The zero-order valence-electron chi connectivity index (χ0n) is 18.5. The molecule has 1 aliphatic heterocycles. The van der Waals surface area contributed by atoms with Gasteiger partial charge in [-0.15, -0.1) is 0 Å². The number of alkyl halides is 2. The monoisotopic (exact) mass is 510 g/mol. The van der Waals surface area contributed by atoms with Gasteiger partial charge in [0.1, 0.15) is 11.4 Å². The highest BCUT2D eigenvalue weighted by atomic mass is 35.5. The maximum absolute atomic E-state index is 13.2. The Morgan fingerprint density at radius 2 is 1.91 bits per heavy atom. The Bertz CT molecular complexity index is 1380. The van der Waals surface area contributed by atoms with Gasteiger partial charge in [-0.25, -0.2) is 22.2 Å². The Labute approximate surface area is 200 Å². The molecule has 1 saturated heterocycles. The molecule has 4 rings (SSSR count). The number of hydrogen-bond acceptors (Lipinski definition) is 6. The Kier molecular flexibility index (Phi) is 6.03. The molecule has 0 radical (unpaired) electrons. The quantitative estimate of drug-likeness (QED) is 0.541. The number of nitrogens with one attached hydrogen (secondary N) is 1. The minimum Gasteiger partial charge on any atom is -0.494 e. The van der Waals surface area contributed by atoms with Crippen LogP contribution in [0.15, 0.2) is 47.6 Å². The Morgan fingerprint density at radius 3 is 2.53 bits per heavy atom. The number of rotatable bonds is 6. The lowest BCUT2D eigenvalue weighted by Crippen LogP contribution is -2.56. The third-order valence-electron chi connectivity index (χ3n) is 5.33. The van der Waals surface area contributed by atoms with Crippen LogP contribution in [0, 0.1) is 0 Å². The number of pyridine rings is 1. The first-order valence-electron chi connectivity index (χ1n) is 10.0. The summed E-state index contributed by atoms with van der Waals surface area (Å²) in [6.07, 6.45) is 4.11. The lowest BCUT2D eigenvalue weighted by molar-refractivity contribution is -0.0263. The Hall–Kier alpha value is -3.18. The van der Waals surface area contributed by atoms with E-state index in [9.17, 15) is 22.0 Å². The van der Waals surface area contributed by atoms with E-state index in [0.29, 0.717) is 22.8 Å². The number of ether oxygens (including phenoxy) is 1. The average Bonchev–Trinajstić information content (AvgIpc) is 3.12. The largest absolute Gasteiger partial charge is 0.494 e. The summed E-state index contributed by atoms with van der Waals surface area (Å²) in [5, 5.41) is 2.82. The number of carbonyl (C=O) groups excluding carboxylic acids is 1. The number of amides is 1. The molecule has 0 atom stereocenters. The predicted molar refractivity (Wildman–Crippen MR) is 125 cm³/mol. The van der Waals surface area contributed by atoms with E-state index in [-0.39, 0.29) is 34.3 Å². The van der Waals surface area contributed by atoms with Gasteiger partial charge in [-0.2, -0.15) is 0 Å². The van der Waals surface area contributed by atoms with Crippen molar-refractivity contribution >= 4 is 38.7 Å². The average molecular weight is 511 g/mol. The Morgan fingerprint density at radius 1 is 1.21 bits per heavy atom. The number of carbonyl (C=O) groups is 1. The van der Waals surface area contributed by atoms with Crippen LogP contribution in [0.4, 0.5) is 20.2 Å². The standard InChI is InChI=1S/C22H21ClF2N4O4S/c1-28-10-13(21(30)27-15-5-14(23)6-17(7-15)34(3,31)32)4-18(28)20-19(33-2)8-16(9-26-20)29-11-22(24,25)12-29/h4-10H,11-12H2,1-3H3,(H,27,30). The summed E-state index contributed by atoms with van der Waals surface area (Å²) in [5.41, 5.74) is 2.03. The van der Waals surface area contributed by atoms with Crippen LogP contribution in [0.5, 0.6) is 5.75 Å². The van der Waals surface area contributed by atoms with Gasteiger partial charge in [-0.3, -0.25) is 4.79 Å². The lowest BCUT2D eigenvalue weighted by Gasteiger charge is -2.40. The number of halogens is 3. The number of nitrogens with zero attached hydrogens (tertiary/aromatic N) is 3. The zero-order valence-corrected chi connectivity index (χ0v) is 20.0. The number of benzene rings is 1. The SMILES string of the molecule is COc1cc(N2CC(F)(F)C2)cnc1-c1cc(C(=O)Nc2cc(Cl)cc(S(C)(=O)=O)c2)cn1C. The van der Waals surface area contributed by atoms with Crippen LogP contribution in [-0.4, -0.2) is 56.3 Å². The summed E-state index contributed by atoms with van der Waals surface area (Å²) in [5.74, 6) is -2.83. The first-order valence-corrected chi connectivity index (χ1v) is 12.3. The number of sulfone groups is 1. The predicted octanol–water partition coefficient (Wildman–Crippen LogP) is 3.86. The summed E-state index contributed by atoms with van der Waals surface area (Å²) >= 11 is 6.01. The molecule has 1 amide bonds. The first-order chi connectivity index (χ1) is 15.9. The number of aromatic nitrogens is 2. The summed E-state index contributed by atoms with van der Waals surface area (Å²) in [7, 11) is -0.347. The van der Waals surface area contributed by atoms with Gasteiger partial charge in [0.25, 0.3) is 11.8 Å².